The van der Waals surface area contributed by atoms with E-state index in [1.807, 2.05) is 84.2 Å². The highest BCUT2D eigenvalue weighted by molar-refractivity contribution is 7.13. The summed E-state index contributed by atoms with van der Waals surface area (Å²) in [6.07, 6.45) is 9.53. The molecule has 0 aliphatic carbocycles. The number of ketones is 2. The molecular formula is C45H29Cl2N3O4S. The highest BCUT2D eigenvalue weighted by Gasteiger charge is 2.21. The van der Waals surface area contributed by atoms with Crippen LogP contribution < -0.4 is 11.1 Å². The number of pyridine rings is 3. The number of hydrogen-bond acceptors (Lipinski definition) is 6. The van der Waals surface area contributed by atoms with E-state index < -0.39 is 11.1 Å². The molecule has 4 heterocycles. The number of carbonyl (C=O) groups is 2. The summed E-state index contributed by atoms with van der Waals surface area (Å²) in [4.78, 5) is 62.1. The van der Waals surface area contributed by atoms with Gasteiger partial charge in [-0.05, 0) is 77.2 Å². The molecule has 55 heavy (non-hydrogen) atoms. The van der Waals surface area contributed by atoms with Crippen molar-refractivity contribution in [2.75, 3.05) is 0 Å². The maximum absolute atomic E-state index is 13.0. The lowest BCUT2D eigenvalue weighted by Gasteiger charge is -2.11. The standard InChI is InChI=1S/C23H15ClN2O2.C22H14ClNO2S/c24-17-9-10-19-18(13-17)21(16-7-4-12-25-14-16)22(23(28)26-19)20(27)11-8-15-5-2-1-3-6-15;23-15-9-10-17-16(13-15)20(19-7-4-12-27-19)21(22(26)24-17)18(25)11-8-14-5-2-1-3-6-14/h1-14H,(H,26,28);1-13H,(H,24,26)/b2*11-8+. The fourth-order valence-corrected chi connectivity index (χ4v) is 7.26. The first-order chi connectivity index (χ1) is 26.8. The molecule has 8 rings (SSSR count). The molecule has 0 bridgehead atoms. The van der Waals surface area contributed by atoms with Crippen molar-refractivity contribution in [3.63, 3.8) is 0 Å². The Morgan fingerprint density at radius 1 is 0.600 bits per heavy atom. The SMILES string of the molecule is O=C(/C=C/c1ccccc1)c1c(-c2cccnc2)c2cc(Cl)ccc2[nH]c1=O.O=C(/C=C/c1ccccc1)c1c(-c2cccs2)c2cc(Cl)ccc2[nH]c1=O. The van der Waals surface area contributed by atoms with Gasteiger partial charge in [0.25, 0.3) is 11.1 Å². The Kier molecular flexibility index (Phi) is 11.2. The minimum absolute atomic E-state index is 0.0648. The number of aromatic amines is 2. The second kappa shape index (κ2) is 16.7. The van der Waals surface area contributed by atoms with Gasteiger partial charge < -0.3 is 9.97 Å². The number of halogens is 2. The van der Waals surface area contributed by atoms with Gasteiger partial charge in [-0.1, -0.05) is 108 Å². The lowest BCUT2D eigenvalue weighted by molar-refractivity contribution is 0.103. The van der Waals surface area contributed by atoms with E-state index in [1.54, 1.807) is 67.0 Å². The Morgan fingerprint density at radius 3 is 1.62 bits per heavy atom. The van der Waals surface area contributed by atoms with Gasteiger partial charge in [0.1, 0.15) is 0 Å². The monoisotopic (exact) mass is 777 g/mol. The maximum Gasteiger partial charge on any atom is 0.260 e. The smallest absolute Gasteiger partial charge is 0.260 e. The molecule has 0 saturated carbocycles. The number of H-pyrrole nitrogens is 2. The predicted octanol–water partition coefficient (Wildman–Crippen LogP) is 10.9. The first-order valence-electron chi connectivity index (χ1n) is 17.0. The highest BCUT2D eigenvalue weighted by atomic mass is 35.5. The van der Waals surface area contributed by atoms with E-state index in [4.69, 9.17) is 23.2 Å². The van der Waals surface area contributed by atoms with Gasteiger partial charge in [-0.15, -0.1) is 11.3 Å². The molecule has 10 heteroatoms. The first kappa shape index (κ1) is 36.9. The van der Waals surface area contributed by atoms with Gasteiger partial charge in [0.2, 0.25) is 0 Å². The molecule has 0 fully saturated rings. The number of fused-ring (bicyclic) bond motifs is 2. The zero-order chi connectivity index (χ0) is 38.3. The van der Waals surface area contributed by atoms with Crippen LogP contribution in [0.3, 0.4) is 0 Å². The zero-order valence-corrected chi connectivity index (χ0v) is 31.2. The van der Waals surface area contributed by atoms with E-state index in [2.05, 4.69) is 15.0 Å². The van der Waals surface area contributed by atoms with Crippen LogP contribution in [0.15, 0.2) is 161 Å². The Balaban J connectivity index is 0.000000169. The average Bonchev–Trinajstić information content (AvgIpc) is 3.75. The van der Waals surface area contributed by atoms with Crippen molar-refractivity contribution in [1.29, 1.82) is 0 Å². The Morgan fingerprint density at radius 2 is 1.13 bits per heavy atom. The third kappa shape index (κ3) is 8.37. The molecular weight excluding hydrogens is 749 g/mol. The van der Waals surface area contributed by atoms with Crippen LogP contribution in [0.4, 0.5) is 0 Å². The van der Waals surface area contributed by atoms with Crippen molar-refractivity contribution in [3.8, 4) is 21.6 Å². The number of allylic oxidation sites excluding steroid dienone is 2. The molecule has 0 atom stereocenters. The molecule has 0 radical (unpaired) electrons. The second-order valence-corrected chi connectivity index (χ2v) is 14.0. The van der Waals surface area contributed by atoms with Crippen LogP contribution in [0.1, 0.15) is 31.8 Å². The van der Waals surface area contributed by atoms with Gasteiger partial charge in [0, 0.05) is 65.8 Å². The highest BCUT2D eigenvalue weighted by Crippen LogP contribution is 2.35. The van der Waals surface area contributed by atoms with E-state index in [1.165, 1.54) is 23.5 Å². The topological polar surface area (TPSA) is 113 Å². The van der Waals surface area contributed by atoms with Crippen molar-refractivity contribution in [2.45, 2.75) is 0 Å². The van der Waals surface area contributed by atoms with E-state index in [9.17, 15) is 19.2 Å². The van der Waals surface area contributed by atoms with Crippen LogP contribution in [-0.2, 0) is 0 Å². The number of aromatic nitrogens is 3. The van der Waals surface area contributed by atoms with Crippen LogP contribution in [0.25, 0.3) is 55.5 Å². The van der Waals surface area contributed by atoms with Crippen LogP contribution in [0.5, 0.6) is 0 Å². The van der Waals surface area contributed by atoms with Crippen molar-refractivity contribution >= 4 is 80.1 Å². The lowest BCUT2D eigenvalue weighted by atomic mass is 9.94. The van der Waals surface area contributed by atoms with E-state index in [0.717, 1.165) is 21.4 Å². The van der Waals surface area contributed by atoms with Crippen LogP contribution in [0.2, 0.25) is 10.0 Å². The van der Waals surface area contributed by atoms with Gasteiger partial charge in [0.05, 0.1) is 11.1 Å². The quantitative estimate of drug-likeness (QED) is 0.118. The zero-order valence-electron chi connectivity index (χ0n) is 28.8. The van der Waals surface area contributed by atoms with Gasteiger partial charge in [-0.25, -0.2) is 0 Å². The minimum atomic E-state index is -0.448. The molecule has 0 amide bonds. The second-order valence-electron chi connectivity index (χ2n) is 12.2. The van der Waals surface area contributed by atoms with Crippen molar-refractivity contribution in [2.24, 2.45) is 0 Å². The Labute approximate surface area is 328 Å². The maximum atomic E-state index is 13.0. The molecule has 0 spiro atoms. The molecule has 4 aromatic carbocycles. The third-order valence-corrected chi connectivity index (χ3v) is 9.97. The largest absolute Gasteiger partial charge is 0.321 e. The number of hydrogen-bond donors (Lipinski definition) is 2. The summed E-state index contributed by atoms with van der Waals surface area (Å²) < 4.78 is 0. The minimum Gasteiger partial charge on any atom is -0.321 e. The Hall–Kier alpha value is -6.45. The van der Waals surface area contributed by atoms with E-state index in [-0.39, 0.29) is 22.7 Å². The number of rotatable bonds is 8. The summed E-state index contributed by atoms with van der Waals surface area (Å²) in [7, 11) is 0. The van der Waals surface area contributed by atoms with E-state index >= 15 is 0 Å². The molecule has 7 nitrogen and oxygen atoms in total. The van der Waals surface area contributed by atoms with E-state index in [0.29, 0.717) is 43.2 Å². The summed E-state index contributed by atoms with van der Waals surface area (Å²) in [5.41, 5.74) is 4.18. The van der Waals surface area contributed by atoms with Crippen molar-refractivity contribution in [1.82, 2.24) is 15.0 Å². The molecule has 8 aromatic rings. The molecule has 0 saturated heterocycles. The summed E-state index contributed by atoms with van der Waals surface area (Å²) in [5.74, 6) is -0.726. The van der Waals surface area contributed by atoms with Crippen molar-refractivity contribution in [3.05, 3.63) is 204 Å². The predicted molar refractivity (Wildman–Crippen MR) is 225 cm³/mol. The van der Waals surface area contributed by atoms with Gasteiger partial charge in [-0.2, -0.15) is 0 Å². The van der Waals surface area contributed by atoms with Crippen LogP contribution in [0, 0.1) is 0 Å². The molecule has 0 unspecified atom stereocenters. The van der Waals surface area contributed by atoms with Gasteiger partial charge in [0.15, 0.2) is 11.6 Å². The molecule has 2 N–H and O–H groups in total. The van der Waals surface area contributed by atoms with Crippen LogP contribution >= 0.6 is 34.5 Å². The van der Waals surface area contributed by atoms with Crippen LogP contribution in [-0.4, -0.2) is 26.5 Å². The summed E-state index contributed by atoms with van der Waals surface area (Å²) in [6.45, 7) is 0. The number of benzene rings is 4. The number of carbonyl (C=O) groups excluding carboxylic acids is 2. The molecule has 0 aliphatic rings. The molecule has 268 valence electrons. The average molecular weight is 779 g/mol. The molecule has 0 aliphatic heterocycles. The summed E-state index contributed by atoms with van der Waals surface area (Å²) >= 11 is 13.8. The first-order valence-corrected chi connectivity index (χ1v) is 18.6. The third-order valence-electron chi connectivity index (χ3n) is 8.62. The fourth-order valence-electron chi connectivity index (χ4n) is 6.13. The number of nitrogens with zero attached hydrogens (tertiary/aromatic N) is 1. The fraction of sp³-hybridized carbons (Fsp3) is 0. The molecule has 4 aromatic heterocycles. The lowest BCUT2D eigenvalue weighted by Crippen LogP contribution is -2.18. The summed E-state index contributed by atoms with van der Waals surface area (Å²) in [5, 5.41) is 4.42. The van der Waals surface area contributed by atoms with Gasteiger partial charge >= 0.3 is 0 Å². The van der Waals surface area contributed by atoms with Gasteiger partial charge in [-0.3, -0.25) is 24.2 Å². The number of nitrogens with one attached hydrogen (secondary N) is 2. The summed E-state index contributed by atoms with van der Waals surface area (Å²) in [6, 6.07) is 36.7. The Bertz CT molecular complexity index is 2850. The normalized spacial score (nSPS) is 11.2. The van der Waals surface area contributed by atoms with Crippen molar-refractivity contribution < 1.29 is 9.59 Å². The number of thiophene rings is 1.